The molecule has 0 fully saturated rings. The van der Waals surface area contributed by atoms with Crippen LogP contribution in [0.1, 0.15) is 13.3 Å². The third-order valence-electron chi connectivity index (χ3n) is 0.951. The molecule has 0 bridgehead atoms. The molecule has 0 saturated carbocycles. The predicted molar refractivity (Wildman–Crippen MR) is 34.3 cm³/mol. The van der Waals surface area contributed by atoms with Crippen LogP contribution in [0.5, 0.6) is 0 Å². The summed E-state index contributed by atoms with van der Waals surface area (Å²) in [6, 6.07) is 0. The van der Waals surface area contributed by atoms with Crippen molar-refractivity contribution in [3.05, 3.63) is 0 Å². The maximum Gasteiger partial charge on any atom is 0.139 e. The molecule has 7 heavy (non-hydrogen) atoms. The fourth-order valence-corrected chi connectivity index (χ4v) is 0.447. The standard InChI is InChI=1S/C3H10O2SSi/c1-2-3(7)6(4)5/h3,6H,2H2,1,7H3. The van der Waals surface area contributed by atoms with Crippen molar-refractivity contribution in [3.63, 3.8) is 0 Å². The molecule has 0 aliphatic heterocycles. The van der Waals surface area contributed by atoms with Gasteiger partial charge in [-0.05, 0) is 6.42 Å². The Morgan fingerprint density at radius 2 is 2.14 bits per heavy atom. The minimum absolute atomic E-state index is 0.00463. The first-order chi connectivity index (χ1) is 3.18. The van der Waals surface area contributed by atoms with Crippen LogP contribution in [-0.4, -0.2) is 23.5 Å². The minimum atomic E-state index is -2.10. The van der Waals surface area contributed by atoms with Crippen molar-refractivity contribution in [1.29, 1.82) is 0 Å². The molecule has 1 atom stereocenters. The Morgan fingerprint density at radius 1 is 1.71 bits per heavy atom. The molecular weight excluding hydrogens is 128 g/mol. The molecule has 44 valence electrons. The van der Waals surface area contributed by atoms with Gasteiger partial charge < -0.3 is 0 Å². The van der Waals surface area contributed by atoms with Crippen molar-refractivity contribution in [2.24, 2.45) is 0 Å². The van der Waals surface area contributed by atoms with Gasteiger partial charge in [0.25, 0.3) is 0 Å². The molecule has 0 aromatic rings. The van der Waals surface area contributed by atoms with Crippen LogP contribution >= 0.6 is 0 Å². The molecular formula is C3H10O2SSi. The molecule has 4 heteroatoms. The fraction of sp³-hybridized carbons (Fsp3) is 1.00. The van der Waals surface area contributed by atoms with Gasteiger partial charge in [-0.25, -0.2) is 8.42 Å². The molecule has 0 aromatic heterocycles. The van der Waals surface area contributed by atoms with E-state index in [1.165, 1.54) is 0 Å². The summed E-state index contributed by atoms with van der Waals surface area (Å²) in [6.07, 6.45) is 0.783. The topological polar surface area (TPSA) is 34.1 Å². The van der Waals surface area contributed by atoms with Crippen LogP contribution in [0.4, 0.5) is 0 Å². The van der Waals surface area contributed by atoms with Crippen molar-refractivity contribution >= 4 is 20.9 Å². The third-order valence-corrected chi connectivity index (χ3v) is 4.12. The molecule has 0 saturated heterocycles. The van der Waals surface area contributed by atoms with Gasteiger partial charge in [-0.3, -0.25) is 0 Å². The van der Waals surface area contributed by atoms with Crippen molar-refractivity contribution in [2.45, 2.75) is 18.2 Å². The predicted octanol–water partition coefficient (Wildman–Crippen LogP) is -1.30. The highest BCUT2D eigenvalue weighted by Crippen LogP contribution is 1.85. The molecule has 2 nitrogen and oxygen atoms in total. The lowest BCUT2D eigenvalue weighted by atomic mass is 10.6. The van der Waals surface area contributed by atoms with E-state index in [0.717, 1.165) is 16.7 Å². The third kappa shape index (κ3) is 2.82. The highest BCUT2D eigenvalue weighted by Gasteiger charge is 1.96. The summed E-state index contributed by atoms with van der Waals surface area (Å²) in [6.45, 7) is 1.89. The maximum absolute atomic E-state index is 10.0. The molecule has 0 N–H and O–H groups in total. The Balaban J connectivity index is 3.57. The van der Waals surface area contributed by atoms with Crippen LogP contribution in [0.25, 0.3) is 0 Å². The van der Waals surface area contributed by atoms with Crippen LogP contribution in [0.3, 0.4) is 0 Å². The molecule has 0 rings (SSSR count). The van der Waals surface area contributed by atoms with E-state index in [0.29, 0.717) is 0 Å². The lowest BCUT2D eigenvalue weighted by molar-refractivity contribution is 0.610. The summed E-state index contributed by atoms with van der Waals surface area (Å²) >= 11 is 0. The van der Waals surface area contributed by atoms with Gasteiger partial charge in [0.05, 0.1) is 0 Å². The first-order valence-electron chi connectivity index (χ1n) is 2.32. The summed E-state index contributed by atoms with van der Waals surface area (Å²) in [5.41, 5.74) is 0. The minimum Gasteiger partial charge on any atom is -0.232 e. The Morgan fingerprint density at radius 3 is 2.14 bits per heavy atom. The van der Waals surface area contributed by atoms with Gasteiger partial charge in [-0.15, -0.1) is 0 Å². The number of thiol groups is 1. The van der Waals surface area contributed by atoms with E-state index in [4.69, 9.17) is 0 Å². The van der Waals surface area contributed by atoms with Gasteiger partial charge in [0.1, 0.15) is 10.7 Å². The van der Waals surface area contributed by atoms with Gasteiger partial charge in [0, 0.05) is 15.1 Å². The summed E-state index contributed by atoms with van der Waals surface area (Å²) < 4.78 is 20.0. The second kappa shape index (κ2) is 3.21. The quantitative estimate of drug-likeness (QED) is 0.380. The Labute approximate surface area is 48.3 Å². The van der Waals surface area contributed by atoms with E-state index in [1.807, 2.05) is 6.92 Å². The lowest BCUT2D eigenvalue weighted by Crippen LogP contribution is -2.05. The van der Waals surface area contributed by atoms with Gasteiger partial charge in [0.2, 0.25) is 0 Å². The zero-order valence-corrected chi connectivity index (χ0v) is 7.44. The van der Waals surface area contributed by atoms with Crippen LogP contribution in [-0.2, 0) is 10.7 Å². The van der Waals surface area contributed by atoms with Crippen molar-refractivity contribution in [2.75, 3.05) is 0 Å². The molecule has 0 radical (unpaired) electrons. The molecule has 0 aliphatic rings. The number of rotatable bonds is 2. The zero-order chi connectivity index (χ0) is 5.86. The molecule has 0 heterocycles. The zero-order valence-electron chi connectivity index (χ0n) is 4.55. The number of hydrogen-bond donors (Lipinski definition) is 1. The maximum atomic E-state index is 10.0. The van der Waals surface area contributed by atoms with Crippen molar-refractivity contribution in [3.8, 4) is 0 Å². The highest BCUT2D eigenvalue weighted by atomic mass is 32.2. The second-order valence-corrected chi connectivity index (χ2v) is 5.36. The van der Waals surface area contributed by atoms with Crippen LogP contribution in [0, 0.1) is 0 Å². The molecule has 1 unspecified atom stereocenters. The Kier molecular flexibility index (Phi) is 3.28. The van der Waals surface area contributed by atoms with Gasteiger partial charge in [0.15, 0.2) is 0 Å². The van der Waals surface area contributed by atoms with Crippen LogP contribution in [0.2, 0.25) is 0 Å². The smallest absolute Gasteiger partial charge is 0.139 e. The monoisotopic (exact) mass is 138 g/mol. The van der Waals surface area contributed by atoms with E-state index in [1.54, 1.807) is 0 Å². The average molecular weight is 138 g/mol. The van der Waals surface area contributed by atoms with E-state index in [9.17, 15) is 8.42 Å². The van der Waals surface area contributed by atoms with E-state index in [2.05, 4.69) is 0 Å². The van der Waals surface area contributed by atoms with E-state index < -0.39 is 10.7 Å². The summed E-state index contributed by atoms with van der Waals surface area (Å²) in [4.78, 5) is -0.00463. The molecule has 0 amide bonds. The fourth-order valence-electron chi connectivity index (χ4n) is 0.149. The second-order valence-electron chi connectivity index (χ2n) is 1.54. The molecule has 0 aromatic carbocycles. The SMILES string of the molecule is CCC([SiH3])[SH](=O)=O. The van der Waals surface area contributed by atoms with Gasteiger partial charge in [-0.2, -0.15) is 0 Å². The summed E-state index contributed by atoms with van der Waals surface area (Å²) in [7, 11) is -1.32. The number of hydrogen-bond acceptors (Lipinski definition) is 2. The van der Waals surface area contributed by atoms with Crippen molar-refractivity contribution < 1.29 is 8.42 Å². The highest BCUT2D eigenvalue weighted by molar-refractivity contribution is 7.74. The first-order valence-corrected chi connectivity index (χ1v) is 4.72. The van der Waals surface area contributed by atoms with E-state index in [-0.39, 0.29) is 4.87 Å². The van der Waals surface area contributed by atoms with Gasteiger partial charge in [-0.1, -0.05) is 6.92 Å². The Bertz CT molecular complexity index is 102. The molecule has 0 aliphatic carbocycles. The lowest BCUT2D eigenvalue weighted by Gasteiger charge is -1.91. The van der Waals surface area contributed by atoms with Gasteiger partial charge >= 0.3 is 0 Å². The normalized spacial score (nSPS) is 15.1. The Hall–Kier alpha value is 0.167. The summed E-state index contributed by atoms with van der Waals surface area (Å²) in [5, 5.41) is 0. The van der Waals surface area contributed by atoms with Crippen LogP contribution < -0.4 is 0 Å². The van der Waals surface area contributed by atoms with Crippen molar-refractivity contribution in [1.82, 2.24) is 0 Å². The largest absolute Gasteiger partial charge is 0.232 e. The van der Waals surface area contributed by atoms with Crippen LogP contribution in [0.15, 0.2) is 0 Å². The molecule has 0 spiro atoms. The summed E-state index contributed by atoms with van der Waals surface area (Å²) in [5.74, 6) is 0. The average Bonchev–Trinajstić information content (AvgIpc) is 1.65. The van der Waals surface area contributed by atoms with E-state index >= 15 is 0 Å². The first kappa shape index (κ1) is 7.17.